The molecule has 20 heavy (non-hydrogen) atoms. The molecule has 106 valence electrons. The highest BCUT2D eigenvalue weighted by Crippen LogP contribution is 2.22. The highest BCUT2D eigenvalue weighted by atomic mass is 35.5. The summed E-state index contributed by atoms with van der Waals surface area (Å²) in [7, 11) is 3.54. The molecular formula is C15H17ClN2OS. The summed E-state index contributed by atoms with van der Waals surface area (Å²) in [5, 5.41) is 3.33. The molecule has 0 bridgehead atoms. The van der Waals surface area contributed by atoms with Gasteiger partial charge in [-0.25, -0.2) is 0 Å². The van der Waals surface area contributed by atoms with Gasteiger partial charge in [0.25, 0.3) is 0 Å². The van der Waals surface area contributed by atoms with Crippen LogP contribution < -0.4 is 5.32 Å². The smallest absolute Gasteiger partial charge is 0.226 e. The second-order valence-corrected chi connectivity index (χ2v) is 6.52. The number of amides is 1. The third-order valence-corrected chi connectivity index (χ3v) is 4.13. The van der Waals surface area contributed by atoms with E-state index < -0.39 is 0 Å². The van der Waals surface area contributed by atoms with Gasteiger partial charge in [-0.3, -0.25) is 4.79 Å². The van der Waals surface area contributed by atoms with Gasteiger partial charge >= 0.3 is 0 Å². The number of nitrogens with one attached hydrogen (secondary N) is 1. The summed E-state index contributed by atoms with van der Waals surface area (Å²) >= 11 is 7.47. The molecule has 1 N–H and O–H groups in total. The van der Waals surface area contributed by atoms with Crippen LogP contribution in [0.4, 0.5) is 5.69 Å². The van der Waals surface area contributed by atoms with E-state index in [0.717, 1.165) is 22.1 Å². The molecule has 0 saturated carbocycles. The van der Waals surface area contributed by atoms with Crippen molar-refractivity contribution in [3.05, 3.63) is 51.2 Å². The van der Waals surface area contributed by atoms with E-state index in [1.165, 1.54) is 4.88 Å². The molecule has 0 fully saturated rings. The first-order valence-electron chi connectivity index (χ1n) is 6.32. The maximum absolute atomic E-state index is 11.6. The van der Waals surface area contributed by atoms with E-state index in [4.69, 9.17) is 11.6 Å². The first-order valence-corrected chi connectivity index (χ1v) is 7.51. The van der Waals surface area contributed by atoms with Gasteiger partial charge in [-0.1, -0.05) is 23.7 Å². The SMILES string of the molecule is CN(C)C(=O)Cc1ccc(NCc2ccc(Cl)s2)cc1. The maximum atomic E-state index is 11.6. The molecule has 0 aliphatic carbocycles. The number of benzene rings is 1. The number of thiophene rings is 1. The van der Waals surface area contributed by atoms with Crippen LogP contribution in [0.5, 0.6) is 0 Å². The molecule has 0 aliphatic heterocycles. The zero-order valence-corrected chi connectivity index (χ0v) is 13.1. The van der Waals surface area contributed by atoms with E-state index in [2.05, 4.69) is 5.32 Å². The summed E-state index contributed by atoms with van der Waals surface area (Å²) in [5.41, 5.74) is 2.06. The Morgan fingerprint density at radius 3 is 2.45 bits per heavy atom. The highest BCUT2D eigenvalue weighted by molar-refractivity contribution is 7.16. The zero-order chi connectivity index (χ0) is 14.5. The van der Waals surface area contributed by atoms with Gasteiger partial charge in [-0.2, -0.15) is 0 Å². The number of rotatable bonds is 5. The van der Waals surface area contributed by atoms with Crippen molar-refractivity contribution in [3.8, 4) is 0 Å². The van der Waals surface area contributed by atoms with E-state index in [-0.39, 0.29) is 5.91 Å². The standard InChI is InChI=1S/C15H17ClN2OS/c1-18(2)15(19)9-11-3-5-12(6-4-11)17-10-13-7-8-14(16)20-13/h3-8,17H,9-10H2,1-2H3. The fourth-order valence-corrected chi connectivity index (χ4v) is 2.74. The Bertz CT molecular complexity index is 578. The summed E-state index contributed by atoms with van der Waals surface area (Å²) in [6.07, 6.45) is 0.438. The minimum absolute atomic E-state index is 0.110. The van der Waals surface area contributed by atoms with Gasteiger partial charge in [-0.05, 0) is 29.8 Å². The third kappa shape index (κ3) is 4.25. The van der Waals surface area contributed by atoms with Gasteiger partial charge < -0.3 is 10.2 Å². The lowest BCUT2D eigenvalue weighted by atomic mass is 10.1. The molecule has 2 rings (SSSR count). The predicted octanol–water partition coefficient (Wildman–Crippen LogP) is 3.64. The minimum atomic E-state index is 0.110. The van der Waals surface area contributed by atoms with Crippen LogP contribution in [0.15, 0.2) is 36.4 Å². The Morgan fingerprint density at radius 2 is 1.90 bits per heavy atom. The van der Waals surface area contributed by atoms with Gasteiger partial charge in [-0.15, -0.1) is 11.3 Å². The Hall–Kier alpha value is -1.52. The van der Waals surface area contributed by atoms with Crippen LogP contribution in [0.25, 0.3) is 0 Å². The van der Waals surface area contributed by atoms with Gasteiger partial charge in [0.2, 0.25) is 5.91 Å². The van der Waals surface area contributed by atoms with Crippen LogP contribution in [0, 0.1) is 0 Å². The van der Waals surface area contributed by atoms with Crippen LogP contribution in [0.3, 0.4) is 0 Å². The number of hydrogen-bond acceptors (Lipinski definition) is 3. The molecule has 0 spiro atoms. The van der Waals surface area contributed by atoms with E-state index in [9.17, 15) is 4.79 Å². The van der Waals surface area contributed by atoms with Crippen molar-refractivity contribution in [2.45, 2.75) is 13.0 Å². The second kappa shape index (κ2) is 6.77. The largest absolute Gasteiger partial charge is 0.380 e. The minimum Gasteiger partial charge on any atom is -0.380 e. The average Bonchev–Trinajstić information content (AvgIpc) is 2.83. The molecule has 0 unspecified atom stereocenters. The summed E-state index contributed by atoms with van der Waals surface area (Å²) < 4.78 is 0.805. The van der Waals surface area contributed by atoms with Crippen molar-refractivity contribution in [3.63, 3.8) is 0 Å². The second-order valence-electron chi connectivity index (χ2n) is 4.72. The van der Waals surface area contributed by atoms with Crippen molar-refractivity contribution in [1.82, 2.24) is 4.90 Å². The molecule has 0 atom stereocenters. The topological polar surface area (TPSA) is 32.3 Å². The average molecular weight is 309 g/mol. The number of carbonyl (C=O) groups is 1. The maximum Gasteiger partial charge on any atom is 0.226 e. The molecule has 1 heterocycles. The number of likely N-dealkylation sites (N-methyl/N-ethyl adjacent to an activating group) is 1. The number of carbonyl (C=O) groups excluding carboxylic acids is 1. The lowest BCUT2D eigenvalue weighted by Crippen LogP contribution is -2.23. The molecule has 5 heteroatoms. The van der Waals surface area contributed by atoms with Gasteiger partial charge in [0.05, 0.1) is 10.8 Å². The van der Waals surface area contributed by atoms with Gasteiger partial charge in [0.15, 0.2) is 0 Å². The fraction of sp³-hybridized carbons (Fsp3) is 0.267. The number of nitrogens with zero attached hydrogens (tertiary/aromatic N) is 1. The van der Waals surface area contributed by atoms with Crippen LogP contribution in [-0.2, 0) is 17.8 Å². The number of hydrogen-bond donors (Lipinski definition) is 1. The van der Waals surface area contributed by atoms with Gasteiger partial charge in [0, 0.05) is 31.2 Å². The molecule has 0 aliphatic rings. The van der Waals surface area contributed by atoms with E-state index in [0.29, 0.717) is 6.42 Å². The Morgan fingerprint density at radius 1 is 1.20 bits per heavy atom. The first-order chi connectivity index (χ1) is 9.54. The van der Waals surface area contributed by atoms with E-state index >= 15 is 0 Å². The Kier molecular flexibility index (Phi) is 5.04. The van der Waals surface area contributed by atoms with E-state index in [1.807, 2.05) is 36.4 Å². The van der Waals surface area contributed by atoms with E-state index in [1.54, 1.807) is 30.3 Å². The monoisotopic (exact) mass is 308 g/mol. The zero-order valence-electron chi connectivity index (χ0n) is 11.5. The van der Waals surface area contributed by atoms with Crippen molar-refractivity contribution in [2.24, 2.45) is 0 Å². The van der Waals surface area contributed by atoms with Crippen LogP contribution in [-0.4, -0.2) is 24.9 Å². The summed E-state index contributed by atoms with van der Waals surface area (Å²) in [4.78, 5) is 14.4. The molecule has 3 nitrogen and oxygen atoms in total. The van der Waals surface area contributed by atoms with Crippen molar-refractivity contribution < 1.29 is 4.79 Å². The first kappa shape index (κ1) is 14.9. The predicted molar refractivity (Wildman–Crippen MR) is 85.5 cm³/mol. The van der Waals surface area contributed by atoms with Gasteiger partial charge in [0.1, 0.15) is 0 Å². The Labute approximate surface area is 128 Å². The molecular weight excluding hydrogens is 292 g/mol. The molecule has 0 radical (unpaired) electrons. The molecule has 1 aromatic heterocycles. The van der Waals surface area contributed by atoms with Crippen LogP contribution in [0.2, 0.25) is 4.34 Å². The lowest BCUT2D eigenvalue weighted by molar-refractivity contribution is -0.127. The number of anilines is 1. The molecule has 1 amide bonds. The molecule has 0 saturated heterocycles. The third-order valence-electron chi connectivity index (χ3n) is 2.90. The fourth-order valence-electron chi connectivity index (χ4n) is 1.71. The molecule has 1 aromatic carbocycles. The summed E-state index contributed by atoms with van der Waals surface area (Å²) in [5.74, 6) is 0.110. The highest BCUT2D eigenvalue weighted by Gasteiger charge is 2.05. The lowest BCUT2D eigenvalue weighted by Gasteiger charge is -2.10. The molecule has 2 aromatic rings. The van der Waals surface area contributed by atoms with Crippen molar-refractivity contribution in [2.75, 3.05) is 19.4 Å². The number of halogens is 1. The van der Waals surface area contributed by atoms with Crippen molar-refractivity contribution in [1.29, 1.82) is 0 Å². The van der Waals surface area contributed by atoms with Crippen molar-refractivity contribution >= 4 is 34.5 Å². The summed E-state index contributed by atoms with van der Waals surface area (Å²) in [6.45, 7) is 0.757. The summed E-state index contributed by atoms with van der Waals surface area (Å²) in [6, 6.07) is 11.9. The normalized spacial score (nSPS) is 10.3. The van der Waals surface area contributed by atoms with Crippen LogP contribution >= 0.6 is 22.9 Å². The van der Waals surface area contributed by atoms with Crippen LogP contribution in [0.1, 0.15) is 10.4 Å². The Balaban J connectivity index is 1.89. The quantitative estimate of drug-likeness (QED) is 0.914.